The van der Waals surface area contributed by atoms with E-state index in [1.54, 1.807) is 18.2 Å². The predicted octanol–water partition coefficient (Wildman–Crippen LogP) is 2.71. The lowest BCUT2D eigenvalue weighted by Gasteiger charge is -2.04. The van der Waals surface area contributed by atoms with Gasteiger partial charge < -0.3 is 35.6 Å². The molecule has 0 aromatic heterocycles. The molecule has 0 saturated carbocycles. The molecule has 0 aromatic carbocycles. The van der Waals surface area contributed by atoms with Crippen LogP contribution in [0.2, 0.25) is 0 Å². The first-order chi connectivity index (χ1) is 15.7. The monoisotopic (exact) mass is 527 g/mol. The van der Waals surface area contributed by atoms with Crippen LogP contribution >= 0.6 is 29.8 Å². The highest BCUT2D eigenvalue weighted by molar-refractivity contribution is 7.00. The molecule has 0 radical (unpaired) electrons. The Hall–Kier alpha value is 0.170. The van der Waals surface area contributed by atoms with Gasteiger partial charge in [-0.3, -0.25) is 9.13 Å². The van der Waals surface area contributed by atoms with Crippen LogP contribution in [-0.2, 0) is 23.3 Å². The largest absolute Gasteiger partial charge is 0.396 e. The summed E-state index contributed by atoms with van der Waals surface area (Å²) in [5.74, 6) is 0.722. The second-order valence-corrected chi connectivity index (χ2v) is 6.18. The third-order valence-electron chi connectivity index (χ3n) is 2.99. The van der Waals surface area contributed by atoms with Crippen LogP contribution in [0.1, 0.15) is 46.0 Å². The minimum Gasteiger partial charge on any atom is -0.396 e. The van der Waals surface area contributed by atoms with E-state index >= 15 is 0 Å². The average molecular weight is 528 g/mol. The van der Waals surface area contributed by atoms with Crippen LogP contribution in [0.25, 0.3) is 0 Å². The fourth-order valence-corrected chi connectivity index (χ4v) is 1.65. The Bertz CT molecular complexity index is 251. The Kier molecular flexibility index (Phi) is 76.4. The second kappa shape index (κ2) is 57.7. The Morgan fingerprint density at radius 2 is 1.19 bits per heavy atom. The summed E-state index contributed by atoms with van der Waals surface area (Å²) in [5.41, 5.74) is 7.38. The van der Waals surface area contributed by atoms with Crippen LogP contribution in [-0.4, -0.2) is 88.6 Å². The highest BCUT2D eigenvalue weighted by atomic mass is 35.5. The van der Waals surface area contributed by atoms with Crippen LogP contribution in [0.3, 0.4) is 0 Å². The van der Waals surface area contributed by atoms with Gasteiger partial charge in [0.15, 0.2) is 0 Å². The molecule has 32 heavy (non-hydrogen) atoms. The van der Waals surface area contributed by atoms with Crippen molar-refractivity contribution in [2.45, 2.75) is 46.0 Å². The molecular weight excluding hydrogens is 480 g/mol. The van der Waals surface area contributed by atoms with Gasteiger partial charge in [0.05, 0.1) is 0 Å². The molecule has 0 amide bonds. The Balaban J connectivity index is -0.000000120. The first-order valence-electron chi connectivity index (χ1n) is 10.8. The SMILES string of the molecule is CCCl.CCNCCCOCCCO.NCCCOCCCOCCCNO.O=P.O=P. The minimum absolute atomic E-state index is 0.229. The summed E-state index contributed by atoms with van der Waals surface area (Å²) < 4.78 is 31.9. The van der Waals surface area contributed by atoms with Crippen LogP contribution in [0.4, 0.5) is 0 Å². The lowest BCUT2D eigenvalue weighted by atomic mass is 10.4. The summed E-state index contributed by atoms with van der Waals surface area (Å²) in [5, 5.41) is 19.9. The number of alkyl halides is 1. The number of nitrogens with two attached hydrogens (primary N) is 1. The molecule has 0 aliphatic carbocycles. The topological polar surface area (TPSA) is 152 Å². The summed E-state index contributed by atoms with van der Waals surface area (Å²) in [7, 11) is 3.44. The number of hydroxylamine groups is 1. The van der Waals surface area contributed by atoms with Crippen LogP contribution in [0, 0.1) is 0 Å². The quantitative estimate of drug-likeness (QED) is 0.0733. The van der Waals surface area contributed by atoms with Gasteiger partial charge in [-0.25, -0.2) is 5.48 Å². The van der Waals surface area contributed by atoms with Gasteiger partial charge in [-0.1, -0.05) is 13.8 Å². The van der Waals surface area contributed by atoms with Gasteiger partial charge in [0.25, 0.3) is 0 Å². The number of ether oxygens (including phenoxy) is 3. The Morgan fingerprint density at radius 1 is 0.781 bits per heavy atom. The smallest absolute Gasteiger partial charge is 0.138 e. The highest BCUT2D eigenvalue weighted by Gasteiger charge is 1.91. The molecule has 0 rings (SSSR count). The first-order valence-corrected chi connectivity index (χ1v) is 12.2. The van der Waals surface area contributed by atoms with E-state index in [0.717, 1.165) is 70.9 Å². The van der Waals surface area contributed by atoms with E-state index in [9.17, 15) is 0 Å². The summed E-state index contributed by atoms with van der Waals surface area (Å²) in [6, 6.07) is 0. The maximum Gasteiger partial charge on any atom is 0.138 e. The highest BCUT2D eigenvalue weighted by Crippen LogP contribution is 1.88. The molecule has 0 fully saturated rings. The van der Waals surface area contributed by atoms with Gasteiger partial charge in [-0.05, 0) is 51.7 Å². The van der Waals surface area contributed by atoms with Crippen molar-refractivity contribution in [2.75, 3.05) is 78.3 Å². The maximum absolute atomic E-state index is 8.41. The fourth-order valence-electron chi connectivity index (χ4n) is 1.65. The van der Waals surface area contributed by atoms with E-state index in [1.165, 1.54) is 0 Å². The van der Waals surface area contributed by atoms with E-state index in [1.807, 2.05) is 6.92 Å². The zero-order valence-corrected chi connectivity index (χ0v) is 22.7. The number of aliphatic hydroxyl groups is 1. The van der Waals surface area contributed by atoms with Gasteiger partial charge in [-0.15, -0.1) is 11.6 Å². The molecular formula is C19H48ClN3O7P2. The van der Waals surface area contributed by atoms with Gasteiger partial charge in [0, 0.05) is 58.7 Å². The third-order valence-corrected chi connectivity index (χ3v) is 2.99. The van der Waals surface area contributed by atoms with Gasteiger partial charge in [0.1, 0.15) is 18.2 Å². The molecule has 198 valence electrons. The molecule has 0 unspecified atom stereocenters. The number of aliphatic hydroxyl groups excluding tert-OH is 1. The van der Waals surface area contributed by atoms with Crippen molar-refractivity contribution in [3.8, 4) is 0 Å². The number of halogens is 1. The normalized spacial score (nSPS) is 9.06. The van der Waals surface area contributed by atoms with E-state index in [4.69, 9.17) is 51.0 Å². The van der Waals surface area contributed by atoms with Crippen molar-refractivity contribution in [1.82, 2.24) is 10.8 Å². The molecule has 6 N–H and O–H groups in total. The molecule has 0 atom stereocenters. The number of nitrogens with one attached hydrogen (secondary N) is 2. The first kappa shape index (κ1) is 42.3. The lowest BCUT2D eigenvalue weighted by Crippen LogP contribution is -2.15. The van der Waals surface area contributed by atoms with Gasteiger partial charge in [0.2, 0.25) is 0 Å². The molecule has 0 spiro atoms. The fraction of sp³-hybridized carbons (Fsp3) is 1.00. The number of rotatable bonds is 19. The number of hydrogen-bond donors (Lipinski definition) is 5. The standard InChI is InChI=1S/C9H22N2O3.C8H19NO2.C2H5Cl.2HOP/c10-4-1-6-13-8-3-9-14-7-2-5-11-12;1-2-9-5-3-7-11-8-4-6-10;1-2-3;2*1-2/h11-12H,1-10H2;9-10H,2-8H2,1H3;2H2,1H3;2*2H. The summed E-state index contributed by atoms with van der Waals surface area (Å²) in [4.78, 5) is 0. The molecule has 0 aliphatic rings. The van der Waals surface area contributed by atoms with Crippen molar-refractivity contribution in [1.29, 1.82) is 0 Å². The molecule has 0 aromatic rings. The van der Waals surface area contributed by atoms with Crippen molar-refractivity contribution in [2.24, 2.45) is 5.73 Å². The average Bonchev–Trinajstić information content (AvgIpc) is 2.83. The molecule has 0 aliphatic heterocycles. The molecule has 0 bridgehead atoms. The Morgan fingerprint density at radius 3 is 1.59 bits per heavy atom. The van der Waals surface area contributed by atoms with Crippen LogP contribution in [0.5, 0.6) is 0 Å². The van der Waals surface area contributed by atoms with E-state index in [-0.39, 0.29) is 6.61 Å². The van der Waals surface area contributed by atoms with Crippen LogP contribution in [0.15, 0.2) is 0 Å². The van der Waals surface area contributed by atoms with E-state index in [2.05, 4.69) is 17.7 Å². The van der Waals surface area contributed by atoms with Crippen molar-refractivity contribution in [3.63, 3.8) is 0 Å². The third kappa shape index (κ3) is 69.9. The summed E-state index contributed by atoms with van der Waals surface area (Å²) in [6.07, 6.45) is 4.46. The van der Waals surface area contributed by atoms with Crippen molar-refractivity contribution < 1.29 is 33.7 Å². The molecule has 13 heteroatoms. The molecule has 0 saturated heterocycles. The molecule has 0 heterocycles. The summed E-state index contributed by atoms with van der Waals surface area (Å²) in [6.45, 7) is 11.9. The maximum atomic E-state index is 8.41. The van der Waals surface area contributed by atoms with Crippen LogP contribution < -0.4 is 16.5 Å². The van der Waals surface area contributed by atoms with E-state index in [0.29, 0.717) is 32.9 Å². The minimum atomic E-state index is 0.229. The van der Waals surface area contributed by atoms with Gasteiger partial charge >= 0.3 is 0 Å². The lowest BCUT2D eigenvalue weighted by molar-refractivity contribution is 0.0761. The van der Waals surface area contributed by atoms with Crippen molar-refractivity contribution >= 4 is 29.8 Å². The predicted molar refractivity (Wildman–Crippen MR) is 134 cm³/mol. The molecule has 10 nitrogen and oxygen atoms in total. The second-order valence-electron chi connectivity index (χ2n) is 5.65. The number of hydrogen-bond acceptors (Lipinski definition) is 10. The van der Waals surface area contributed by atoms with Gasteiger partial charge in [-0.2, -0.15) is 0 Å². The zero-order chi connectivity index (χ0) is 25.6. The van der Waals surface area contributed by atoms with Crippen molar-refractivity contribution in [3.05, 3.63) is 0 Å². The Labute approximate surface area is 204 Å². The summed E-state index contributed by atoms with van der Waals surface area (Å²) >= 11 is 5.00. The van der Waals surface area contributed by atoms with E-state index < -0.39 is 0 Å². The zero-order valence-electron chi connectivity index (χ0n) is 19.9.